The van der Waals surface area contributed by atoms with Gasteiger partial charge >= 0.3 is 5.97 Å². The molecule has 1 aromatic carbocycles. The Balaban J connectivity index is 3.08. The fourth-order valence-electron chi connectivity index (χ4n) is 1.02. The molecule has 0 bridgehead atoms. The van der Waals surface area contributed by atoms with Gasteiger partial charge in [0.25, 0.3) is 0 Å². The van der Waals surface area contributed by atoms with Crippen LogP contribution in [0.25, 0.3) is 0 Å². The topological polar surface area (TPSA) is 63.3 Å². The van der Waals surface area contributed by atoms with Crippen LogP contribution in [0.3, 0.4) is 0 Å². The predicted molar refractivity (Wildman–Crippen MR) is 45.7 cm³/mol. The molecule has 70 valence electrons. The standard InChI is InChI=1S/C9H10FNO2/c1-5-2-3-6(7(10)4-5)8(11)9(12)13/h2-4,8H,11H2,1H3,(H,12,13). The molecular weight excluding hydrogens is 173 g/mol. The van der Waals surface area contributed by atoms with Gasteiger partial charge in [-0.2, -0.15) is 0 Å². The number of nitrogens with two attached hydrogens (primary N) is 1. The highest BCUT2D eigenvalue weighted by Crippen LogP contribution is 2.16. The Bertz CT molecular complexity index is 338. The third kappa shape index (κ3) is 2.03. The lowest BCUT2D eigenvalue weighted by molar-refractivity contribution is -0.138. The summed E-state index contributed by atoms with van der Waals surface area (Å²) in [6, 6.07) is 2.99. The highest BCUT2D eigenvalue weighted by Gasteiger charge is 2.17. The Morgan fingerprint density at radius 1 is 1.62 bits per heavy atom. The summed E-state index contributed by atoms with van der Waals surface area (Å²) >= 11 is 0. The van der Waals surface area contributed by atoms with Crippen molar-refractivity contribution in [1.29, 1.82) is 0 Å². The zero-order valence-electron chi connectivity index (χ0n) is 7.12. The predicted octanol–water partition coefficient (Wildman–Crippen LogP) is 1.22. The van der Waals surface area contributed by atoms with Gasteiger partial charge in [0.1, 0.15) is 11.9 Å². The number of aryl methyl sites for hydroxylation is 1. The monoisotopic (exact) mass is 183 g/mol. The largest absolute Gasteiger partial charge is 0.480 e. The fourth-order valence-corrected chi connectivity index (χ4v) is 1.02. The number of aliphatic carboxylic acids is 1. The van der Waals surface area contributed by atoms with Crippen LogP contribution in [0.5, 0.6) is 0 Å². The molecular formula is C9H10FNO2. The quantitative estimate of drug-likeness (QED) is 0.724. The van der Waals surface area contributed by atoms with Crippen molar-refractivity contribution in [2.75, 3.05) is 0 Å². The van der Waals surface area contributed by atoms with Crippen molar-refractivity contribution in [3.8, 4) is 0 Å². The van der Waals surface area contributed by atoms with Crippen molar-refractivity contribution in [1.82, 2.24) is 0 Å². The summed E-state index contributed by atoms with van der Waals surface area (Å²) in [6.07, 6.45) is 0. The van der Waals surface area contributed by atoms with Crippen molar-refractivity contribution in [2.45, 2.75) is 13.0 Å². The summed E-state index contributed by atoms with van der Waals surface area (Å²) in [7, 11) is 0. The molecule has 1 unspecified atom stereocenters. The van der Waals surface area contributed by atoms with Gasteiger partial charge in [-0.3, -0.25) is 4.79 Å². The molecule has 0 aliphatic carbocycles. The summed E-state index contributed by atoms with van der Waals surface area (Å²) < 4.78 is 13.1. The molecule has 0 amide bonds. The number of benzene rings is 1. The first-order chi connectivity index (χ1) is 6.02. The summed E-state index contributed by atoms with van der Waals surface area (Å²) in [4.78, 5) is 10.4. The molecule has 3 N–H and O–H groups in total. The second kappa shape index (κ2) is 3.53. The molecule has 0 saturated heterocycles. The van der Waals surface area contributed by atoms with E-state index < -0.39 is 17.8 Å². The molecule has 0 aliphatic heterocycles. The molecule has 0 radical (unpaired) electrons. The van der Waals surface area contributed by atoms with Crippen molar-refractivity contribution in [3.05, 3.63) is 35.1 Å². The molecule has 4 heteroatoms. The molecule has 0 saturated carbocycles. The van der Waals surface area contributed by atoms with E-state index >= 15 is 0 Å². The van der Waals surface area contributed by atoms with Crippen molar-refractivity contribution >= 4 is 5.97 Å². The highest BCUT2D eigenvalue weighted by molar-refractivity contribution is 5.75. The van der Waals surface area contributed by atoms with E-state index in [0.717, 1.165) is 5.56 Å². The van der Waals surface area contributed by atoms with Crippen LogP contribution in [-0.2, 0) is 4.79 Å². The van der Waals surface area contributed by atoms with Crippen LogP contribution < -0.4 is 5.73 Å². The van der Waals surface area contributed by atoms with Crippen molar-refractivity contribution < 1.29 is 14.3 Å². The summed E-state index contributed by atoms with van der Waals surface area (Å²) in [5.41, 5.74) is 6.00. The molecule has 1 aromatic rings. The number of carboxylic acid groups (broad SMARTS) is 1. The summed E-state index contributed by atoms with van der Waals surface area (Å²) in [5, 5.41) is 8.54. The third-order valence-corrected chi connectivity index (χ3v) is 1.76. The maximum Gasteiger partial charge on any atom is 0.325 e. The second-order valence-electron chi connectivity index (χ2n) is 2.84. The third-order valence-electron chi connectivity index (χ3n) is 1.76. The molecule has 0 aliphatic rings. The van der Waals surface area contributed by atoms with Crippen LogP contribution in [0.4, 0.5) is 4.39 Å². The number of carboxylic acids is 1. The molecule has 0 heterocycles. The number of hydrogen-bond acceptors (Lipinski definition) is 2. The first-order valence-electron chi connectivity index (χ1n) is 3.77. The van der Waals surface area contributed by atoms with Crippen LogP contribution in [0.1, 0.15) is 17.2 Å². The second-order valence-corrected chi connectivity index (χ2v) is 2.84. The molecule has 0 aromatic heterocycles. The van der Waals surface area contributed by atoms with Crippen LogP contribution in [0, 0.1) is 12.7 Å². The van der Waals surface area contributed by atoms with Crippen molar-refractivity contribution in [2.24, 2.45) is 5.73 Å². The highest BCUT2D eigenvalue weighted by atomic mass is 19.1. The maximum atomic E-state index is 13.1. The van der Waals surface area contributed by atoms with E-state index in [1.807, 2.05) is 0 Å². The first kappa shape index (κ1) is 9.67. The number of carbonyl (C=O) groups is 1. The Morgan fingerprint density at radius 2 is 2.23 bits per heavy atom. The van der Waals surface area contributed by atoms with E-state index in [1.165, 1.54) is 12.1 Å². The Kier molecular flexibility index (Phi) is 2.63. The van der Waals surface area contributed by atoms with Gasteiger partial charge in [0.2, 0.25) is 0 Å². The Morgan fingerprint density at radius 3 is 2.69 bits per heavy atom. The Labute approximate surface area is 75.0 Å². The minimum absolute atomic E-state index is 0.0121. The molecule has 0 spiro atoms. The molecule has 1 rings (SSSR count). The number of halogens is 1. The zero-order chi connectivity index (χ0) is 10.0. The van der Waals surface area contributed by atoms with Gasteiger partial charge in [-0.05, 0) is 18.6 Å². The number of hydrogen-bond donors (Lipinski definition) is 2. The molecule has 13 heavy (non-hydrogen) atoms. The van der Waals surface area contributed by atoms with Gasteiger partial charge in [0.15, 0.2) is 0 Å². The molecule has 1 atom stereocenters. The van der Waals surface area contributed by atoms with Crippen LogP contribution in [0.2, 0.25) is 0 Å². The average Bonchev–Trinajstić information content (AvgIpc) is 2.03. The van der Waals surface area contributed by atoms with E-state index in [1.54, 1.807) is 13.0 Å². The van der Waals surface area contributed by atoms with E-state index in [0.29, 0.717) is 0 Å². The van der Waals surface area contributed by atoms with E-state index in [4.69, 9.17) is 10.8 Å². The number of rotatable bonds is 2. The zero-order valence-corrected chi connectivity index (χ0v) is 7.12. The smallest absolute Gasteiger partial charge is 0.325 e. The maximum absolute atomic E-state index is 13.1. The van der Waals surface area contributed by atoms with Crippen LogP contribution in [0.15, 0.2) is 18.2 Å². The van der Waals surface area contributed by atoms with E-state index in [9.17, 15) is 9.18 Å². The lowest BCUT2D eigenvalue weighted by atomic mass is 10.1. The average molecular weight is 183 g/mol. The lowest BCUT2D eigenvalue weighted by Gasteiger charge is -2.07. The van der Waals surface area contributed by atoms with Crippen LogP contribution >= 0.6 is 0 Å². The van der Waals surface area contributed by atoms with Gasteiger partial charge in [-0.15, -0.1) is 0 Å². The fraction of sp³-hybridized carbons (Fsp3) is 0.222. The minimum atomic E-state index is -1.29. The summed E-state index contributed by atoms with van der Waals surface area (Å²) in [6.45, 7) is 1.72. The van der Waals surface area contributed by atoms with Gasteiger partial charge in [-0.25, -0.2) is 4.39 Å². The lowest BCUT2D eigenvalue weighted by Crippen LogP contribution is -2.21. The minimum Gasteiger partial charge on any atom is -0.480 e. The Hall–Kier alpha value is -1.42. The first-order valence-corrected chi connectivity index (χ1v) is 3.77. The molecule has 3 nitrogen and oxygen atoms in total. The van der Waals surface area contributed by atoms with E-state index in [-0.39, 0.29) is 5.56 Å². The normalized spacial score (nSPS) is 12.5. The van der Waals surface area contributed by atoms with Crippen LogP contribution in [-0.4, -0.2) is 11.1 Å². The van der Waals surface area contributed by atoms with Gasteiger partial charge < -0.3 is 10.8 Å². The van der Waals surface area contributed by atoms with Gasteiger partial charge in [0, 0.05) is 5.56 Å². The summed E-state index contributed by atoms with van der Waals surface area (Å²) in [5.74, 6) is -1.81. The van der Waals surface area contributed by atoms with E-state index in [2.05, 4.69) is 0 Å². The SMILES string of the molecule is Cc1ccc(C(N)C(=O)O)c(F)c1. The van der Waals surface area contributed by atoms with Gasteiger partial charge in [0.05, 0.1) is 0 Å². The molecule has 0 fully saturated rings. The van der Waals surface area contributed by atoms with Crippen molar-refractivity contribution in [3.63, 3.8) is 0 Å². The van der Waals surface area contributed by atoms with Gasteiger partial charge in [-0.1, -0.05) is 12.1 Å².